The van der Waals surface area contributed by atoms with Gasteiger partial charge in [0.2, 0.25) is 0 Å². The zero-order valence-corrected chi connectivity index (χ0v) is 13.7. The smallest absolute Gasteiger partial charge is 0.368 e. The Balaban J connectivity index is 2.03. The van der Waals surface area contributed by atoms with Crippen LogP contribution in [-0.4, -0.2) is 19.8 Å². The molecular weight excluding hydrogens is 349 g/mol. The highest BCUT2D eigenvalue weighted by Gasteiger charge is 2.16. The second-order valence-electron chi connectivity index (χ2n) is 5.05. The van der Waals surface area contributed by atoms with Crippen LogP contribution in [0.15, 0.2) is 41.2 Å². The number of tetrazole rings is 1. The summed E-state index contributed by atoms with van der Waals surface area (Å²) in [5.74, 6) is -0.359. The topological polar surface area (TPSA) is 66.3 Å². The summed E-state index contributed by atoms with van der Waals surface area (Å²) < 4.78 is 21.1. The minimum Gasteiger partial charge on any atom is -0.488 e. The van der Waals surface area contributed by atoms with Crippen LogP contribution in [0.2, 0.25) is 5.02 Å². The summed E-state index contributed by atoms with van der Waals surface area (Å²) in [6.45, 7) is 7.22. The van der Waals surface area contributed by atoms with Crippen LogP contribution in [0.4, 0.5) is 10.1 Å². The third-order valence-corrected chi connectivity index (χ3v) is 3.77. The number of aryl methyl sites for hydroxylation is 1. The second-order valence-corrected chi connectivity index (χ2v) is 5.45. The number of benzene rings is 2. The van der Waals surface area contributed by atoms with Gasteiger partial charge in [-0.2, -0.15) is 9.36 Å². The summed E-state index contributed by atoms with van der Waals surface area (Å²) in [5.41, 5.74) is 0.592. The molecule has 0 fully saturated rings. The van der Waals surface area contributed by atoms with Gasteiger partial charge in [-0.25, -0.2) is 14.0 Å². The van der Waals surface area contributed by atoms with E-state index in [9.17, 15) is 9.18 Å². The molecule has 0 aliphatic heterocycles. The van der Waals surface area contributed by atoms with Crippen molar-refractivity contribution in [2.75, 3.05) is 0 Å². The Kier molecular flexibility index (Phi) is 4.50. The van der Waals surface area contributed by atoms with Gasteiger partial charge in [0.15, 0.2) is 5.69 Å². The molecule has 3 rings (SSSR count). The fraction of sp³-hybridized carbons (Fsp3) is 0.125. The van der Waals surface area contributed by atoms with Gasteiger partial charge in [-0.05, 0) is 28.6 Å². The number of halogens is 2. The zero-order chi connectivity index (χ0) is 18.0. The summed E-state index contributed by atoms with van der Waals surface area (Å²) in [6.07, 6.45) is 0. The van der Waals surface area contributed by atoms with E-state index in [4.69, 9.17) is 22.9 Å². The first-order valence-corrected chi connectivity index (χ1v) is 7.45. The molecule has 0 saturated heterocycles. The highest BCUT2D eigenvalue weighted by atomic mass is 35.5. The third kappa shape index (κ3) is 3.22. The van der Waals surface area contributed by atoms with E-state index in [0.29, 0.717) is 11.3 Å². The van der Waals surface area contributed by atoms with Crippen LogP contribution in [0.1, 0.15) is 5.56 Å². The van der Waals surface area contributed by atoms with Crippen LogP contribution < -0.4 is 10.4 Å². The molecule has 0 bridgehead atoms. The summed E-state index contributed by atoms with van der Waals surface area (Å²) in [4.78, 5) is 15.5. The first kappa shape index (κ1) is 16.7. The van der Waals surface area contributed by atoms with Crippen molar-refractivity contribution in [3.8, 4) is 11.4 Å². The molecule has 126 valence electrons. The lowest BCUT2D eigenvalue weighted by molar-refractivity contribution is 0.305. The molecule has 2 aromatic carbocycles. The minimum atomic E-state index is -0.497. The van der Waals surface area contributed by atoms with E-state index in [2.05, 4.69) is 15.3 Å². The summed E-state index contributed by atoms with van der Waals surface area (Å²) in [6, 6.07) is 8.58. The van der Waals surface area contributed by atoms with Crippen molar-refractivity contribution in [3.05, 3.63) is 74.7 Å². The van der Waals surface area contributed by atoms with E-state index in [1.807, 2.05) is 0 Å². The highest BCUT2D eigenvalue weighted by molar-refractivity contribution is 6.32. The highest BCUT2D eigenvalue weighted by Crippen LogP contribution is 2.30. The van der Waals surface area contributed by atoms with Crippen LogP contribution in [0.3, 0.4) is 0 Å². The molecule has 9 heteroatoms. The van der Waals surface area contributed by atoms with E-state index in [0.717, 1.165) is 15.4 Å². The largest absolute Gasteiger partial charge is 0.488 e. The summed E-state index contributed by atoms with van der Waals surface area (Å²) in [7, 11) is 1.47. The molecule has 0 amide bonds. The van der Waals surface area contributed by atoms with Gasteiger partial charge in [0.1, 0.15) is 18.2 Å². The Bertz CT molecular complexity index is 1040. The number of hydrogen-bond acceptors (Lipinski definition) is 4. The number of aromatic nitrogens is 4. The molecule has 0 spiro atoms. The molecule has 3 aromatic rings. The minimum absolute atomic E-state index is 0.0971. The van der Waals surface area contributed by atoms with E-state index < -0.39 is 11.5 Å². The number of ether oxygens (including phenoxy) is 1. The average Bonchev–Trinajstić information content (AvgIpc) is 2.94. The van der Waals surface area contributed by atoms with Crippen LogP contribution in [-0.2, 0) is 13.7 Å². The Labute approximate surface area is 146 Å². The van der Waals surface area contributed by atoms with Crippen molar-refractivity contribution in [2.45, 2.75) is 6.61 Å². The standard InChI is InChI=1S/C16H11ClFN5O2/c1-19-13-4-3-5-14(23-16(24)22(2)20-21-23)11(13)9-25-15-8-10(18)6-7-12(15)17/h3-8H,9H2,2H3. The van der Waals surface area contributed by atoms with Gasteiger partial charge in [-0.1, -0.05) is 23.7 Å². The third-order valence-electron chi connectivity index (χ3n) is 3.46. The SMILES string of the molecule is [C-]#[N+]c1cccc(-n2nnn(C)c2=O)c1COc1cc(F)ccc1Cl. The lowest BCUT2D eigenvalue weighted by Crippen LogP contribution is -2.23. The van der Waals surface area contributed by atoms with Crippen LogP contribution in [0, 0.1) is 12.4 Å². The zero-order valence-electron chi connectivity index (χ0n) is 13.0. The Morgan fingerprint density at radius 3 is 2.80 bits per heavy atom. The molecule has 0 aliphatic carbocycles. The van der Waals surface area contributed by atoms with E-state index in [1.165, 1.54) is 19.2 Å². The van der Waals surface area contributed by atoms with E-state index >= 15 is 0 Å². The van der Waals surface area contributed by atoms with Gasteiger partial charge in [0.25, 0.3) is 0 Å². The quantitative estimate of drug-likeness (QED) is 0.672. The van der Waals surface area contributed by atoms with Gasteiger partial charge >= 0.3 is 5.69 Å². The van der Waals surface area contributed by atoms with Gasteiger partial charge in [0, 0.05) is 18.7 Å². The Hall–Kier alpha value is -3.18. The van der Waals surface area contributed by atoms with Crippen molar-refractivity contribution in [2.24, 2.45) is 7.05 Å². The molecule has 0 saturated carbocycles. The van der Waals surface area contributed by atoms with E-state index in [-0.39, 0.29) is 23.1 Å². The lowest BCUT2D eigenvalue weighted by atomic mass is 10.1. The number of nitrogens with zero attached hydrogens (tertiary/aromatic N) is 5. The van der Waals surface area contributed by atoms with Crippen molar-refractivity contribution >= 4 is 17.3 Å². The fourth-order valence-corrected chi connectivity index (χ4v) is 2.39. The molecular formula is C16H11ClFN5O2. The van der Waals surface area contributed by atoms with Gasteiger partial charge in [-0.3, -0.25) is 0 Å². The lowest BCUT2D eigenvalue weighted by Gasteiger charge is -2.13. The molecule has 1 aromatic heterocycles. The number of hydrogen-bond donors (Lipinski definition) is 0. The molecule has 25 heavy (non-hydrogen) atoms. The normalized spacial score (nSPS) is 10.5. The summed E-state index contributed by atoms with van der Waals surface area (Å²) >= 11 is 5.99. The molecule has 7 nitrogen and oxygen atoms in total. The second kappa shape index (κ2) is 6.75. The molecule has 0 unspecified atom stereocenters. The molecule has 1 heterocycles. The molecule has 0 radical (unpaired) electrons. The van der Waals surface area contributed by atoms with Crippen molar-refractivity contribution < 1.29 is 9.13 Å². The van der Waals surface area contributed by atoms with Crippen molar-refractivity contribution in [1.82, 2.24) is 19.8 Å². The van der Waals surface area contributed by atoms with Crippen molar-refractivity contribution in [3.63, 3.8) is 0 Å². The maximum atomic E-state index is 13.4. The fourth-order valence-electron chi connectivity index (χ4n) is 2.22. The van der Waals surface area contributed by atoms with Gasteiger partial charge in [-0.15, -0.1) is 0 Å². The van der Waals surface area contributed by atoms with Gasteiger partial charge in [0.05, 0.1) is 17.3 Å². The monoisotopic (exact) mass is 359 g/mol. The first-order valence-electron chi connectivity index (χ1n) is 7.08. The Morgan fingerprint density at radius 2 is 2.12 bits per heavy atom. The molecule has 0 N–H and O–H groups in total. The van der Waals surface area contributed by atoms with Crippen LogP contribution in [0.5, 0.6) is 5.75 Å². The predicted molar refractivity (Wildman–Crippen MR) is 88.6 cm³/mol. The predicted octanol–water partition coefficient (Wildman–Crippen LogP) is 2.89. The molecule has 0 atom stereocenters. The van der Waals surface area contributed by atoms with Gasteiger partial charge < -0.3 is 4.74 Å². The Morgan fingerprint density at radius 1 is 1.32 bits per heavy atom. The van der Waals surface area contributed by atoms with Crippen molar-refractivity contribution in [1.29, 1.82) is 0 Å². The average molecular weight is 360 g/mol. The molecule has 0 aliphatic rings. The number of rotatable bonds is 4. The summed E-state index contributed by atoms with van der Waals surface area (Å²) in [5, 5.41) is 7.68. The van der Waals surface area contributed by atoms with Crippen LogP contribution in [0.25, 0.3) is 10.5 Å². The maximum Gasteiger partial charge on any atom is 0.368 e. The van der Waals surface area contributed by atoms with Crippen LogP contribution >= 0.6 is 11.6 Å². The van der Waals surface area contributed by atoms with E-state index in [1.54, 1.807) is 18.2 Å². The first-order chi connectivity index (χ1) is 12.0. The maximum absolute atomic E-state index is 13.4.